The van der Waals surface area contributed by atoms with Crippen LogP contribution in [0.1, 0.15) is 15.9 Å². The van der Waals surface area contributed by atoms with E-state index in [1.165, 1.54) is 0 Å². The van der Waals surface area contributed by atoms with Crippen LogP contribution in [-0.2, 0) is 11.3 Å². The maximum absolute atomic E-state index is 12.3. The molecule has 126 valence electrons. The molecular formula is C23H16O3. The van der Waals surface area contributed by atoms with Crippen molar-refractivity contribution in [2.45, 2.75) is 6.61 Å². The number of hydrogen-bond acceptors (Lipinski definition) is 3. The van der Waals surface area contributed by atoms with Gasteiger partial charge in [0, 0.05) is 16.7 Å². The summed E-state index contributed by atoms with van der Waals surface area (Å²) < 4.78 is 11.1. The molecule has 0 spiro atoms. The molecule has 1 heterocycles. The van der Waals surface area contributed by atoms with Crippen LogP contribution in [0.2, 0.25) is 0 Å². The Balaban J connectivity index is 2.01. The lowest BCUT2D eigenvalue weighted by molar-refractivity contribution is 0.0535. The molecule has 0 N–H and O–H groups in total. The highest BCUT2D eigenvalue weighted by molar-refractivity contribution is 6.12. The standard InChI is InChI=1S/C23H16O3/c1-25-20-11-10-14-6-2-4-8-16(14)22(20)21-17-9-5-3-7-15(17)12-18-19(21)13-26-23(18)24/h2-12H,13H2,1H3. The fourth-order valence-corrected chi connectivity index (χ4v) is 3.90. The third-order valence-electron chi connectivity index (χ3n) is 5.09. The van der Waals surface area contributed by atoms with Gasteiger partial charge in [-0.3, -0.25) is 0 Å². The van der Waals surface area contributed by atoms with E-state index in [0.717, 1.165) is 44.0 Å². The van der Waals surface area contributed by atoms with Crippen molar-refractivity contribution in [3.8, 4) is 16.9 Å². The Bertz CT molecular complexity index is 1190. The third kappa shape index (κ3) is 2.04. The lowest BCUT2D eigenvalue weighted by Gasteiger charge is -2.17. The van der Waals surface area contributed by atoms with Crippen molar-refractivity contribution in [1.82, 2.24) is 0 Å². The lowest BCUT2D eigenvalue weighted by atomic mass is 9.88. The third-order valence-corrected chi connectivity index (χ3v) is 5.09. The number of esters is 1. The highest BCUT2D eigenvalue weighted by atomic mass is 16.5. The van der Waals surface area contributed by atoms with Gasteiger partial charge in [0.05, 0.1) is 12.7 Å². The fraction of sp³-hybridized carbons (Fsp3) is 0.0870. The van der Waals surface area contributed by atoms with Crippen LogP contribution in [0.4, 0.5) is 0 Å². The van der Waals surface area contributed by atoms with Crippen molar-refractivity contribution in [3.63, 3.8) is 0 Å². The first kappa shape index (κ1) is 15.0. The van der Waals surface area contributed by atoms with Gasteiger partial charge in [-0.15, -0.1) is 0 Å². The average molecular weight is 340 g/mol. The molecule has 5 rings (SSSR count). The number of rotatable bonds is 2. The van der Waals surface area contributed by atoms with E-state index in [-0.39, 0.29) is 5.97 Å². The van der Waals surface area contributed by atoms with Crippen molar-refractivity contribution in [3.05, 3.63) is 77.9 Å². The van der Waals surface area contributed by atoms with E-state index < -0.39 is 0 Å². The minimum atomic E-state index is -0.258. The van der Waals surface area contributed by atoms with Crippen LogP contribution in [0.15, 0.2) is 66.7 Å². The average Bonchev–Trinajstić information content (AvgIpc) is 3.06. The molecule has 26 heavy (non-hydrogen) atoms. The Morgan fingerprint density at radius 1 is 0.846 bits per heavy atom. The molecule has 0 fully saturated rings. The van der Waals surface area contributed by atoms with Crippen molar-refractivity contribution in [2.24, 2.45) is 0 Å². The first-order chi connectivity index (χ1) is 12.8. The van der Waals surface area contributed by atoms with E-state index in [1.807, 2.05) is 42.5 Å². The second-order valence-electron chi connectivity index (χ2n) is 6.44. The fourth-order valence-electron chi connectivity index (χ4n) is 3.90. The summed E-state index contributed by atoms with van der Waals surface area (Å²) in [6.45, 7) is 0.292. The number of carbonyl (C=O) groups excluding carboxylic acids is 1. The minimum absolute atomic E-state index is 0.258. The Hall–Kier alpha value is -3.33. The zero-order chi connectivity index (χ0) is 17.7. The van der Waals surface area contributed by atoms with E-state index in [4.69, 9.17) is 9.47 Å². The number of cyclic esters (lactones) is 1. The molecule has 0 amide bonds. The van der Waals surface area contributed by atoms with E-state index in [2.05, 4.69) is 24.3 Å². The summed E-state index contributed by atoms with van der Waals surface area (Å²) in [6, 6.07) is 22.3. The van der Waals surface area contributed by atoms with Crippen LogP contribution in [0.5, 0.6) is 5.75 Å². The molecule has 0 unspecified atom stereocenters. The van der Waals surface area contributed by atoms with E-state index in [1.54, 1.807) is 7.11 Å². The summed E-state index contributed by atoms with van der Waals surface area (Å²) >= 11 is 0. The molecule has 0 bridgehead atoms. The molecule has 1 aliphatic rings. The number of ether oxygens (including phenoxy) is 2. The van der Waals surface area contributed by atoms with Crippen LogP contribution in [0, 0.1) is 0 Å². The monoisotopic (exact) mass is 340 g/mol. The van der Waals surface area contributed by atoms with Gasteiger partial charge in [0.25, 0.3) is 0 Å². The van der Waals surface area contributed by atoms with Crippen LogP contribution >= 0.6 is 0 Å². The molecule has 0 saturated heterocycles. The zero-order valence-corrected chi connectivity index (χ0v) is 14.3. The topological polar surface area (TPSA) is 35.5 Å². The van der Waals surface area contributed by atoms with Gasteiger partial charge in [-0.2, -0.15) is 0 Å². The first-order valence-electron chi connectivity index (χ1n) is 8.56. The second kappa shape index (κ2) is 5.60. The summed E-state index contributed by atoms with van der Waals surface area (Å²) in [5, 5.41) is 4.36. The van der Waals surface area contributed by atoms with Gasteiger partial charge in [0.1, 0.15) is 12.4 Å². The summed E-state index contributed by atoms with van der Waals surface area (Å²) in [5.74, 6) is 0.535. The Labute approximate surface area is 150 Å². The number of fused-ring (bicyclic) bond motifs is 3. The lowest BCUT2D eigenvalue weighted by Crippen LogP contribution is -1.97. The summed E-state index contributed by atoms with van der Waals surface area (Å²) in [6.07, 6.45) is 0. The van der Waals surface area contributed by atoms with Crippen molar-refractivity contribution < 1.29 is 14.3 Å². The number of methoxy groups -OCH3 is 1. The quantitative estimate of drug-likeness (QED) is 0.462. The normalized spacial score (nSPS) is 13.0. The summed E-state index contributed by atoms with van der Waals surface area (Å²) in [7, 11) is 1.68. The number of hydrogen-bond donors (Lipinski definition) is 0. The molecular weight excluding hydrogens is 324 g/mol. The SMILES string of the molecule is COc1ccc2ccccc2c1-c1c2c(cc3ccccc13)C(=O)OC2. The van der Waals surface area contributed by atoms with E-state index in [9.17, 15) is 4.79 Å². The predicted octanol–water partition coefficient (Wildman–Crippen LogP) is 5.34. The Morgan fingerprint density at radius 2 is 1.54 bits per heavy atom. The largest absolute Gasteiger partial charge is 0.496 e. The van der Waals surface area contributed by atoms with Crippen LogP contribution in [-0.4, -0.2) is 13.1 Å². The van der Waals surface area contributed by atoms with Gasteiger partial charge >= 0.3 is 5.97 Å². The molecule has 0 atom stereocenters. The Kier molecular flexibility index (Phi) is 3.22. The number of carbonyl (C=O) groups is 1. The molecule has 4 aromatic carbocycles. The highest BCUT2D eigenvalue weighted by Crippen LogP contribution is 2.45. The first-order valence-corrected chi connectivity index (χ1v) is 8.56. The van der Waals surface area contributed by atoms with Crippen LogP contribution in [0.3, 0.4) is 0 Å². The van der Waals surface area contributed by atoms with E-state index >= 15 is 0 Å². The van der Waals surface area contributed by atoms with Crippen molar-refractivity contribution in [2.75, 3.05) is 7.11 Å². The van der Waals surface area contributed by atoms with Crippen molar-refractivity contribution >= 4 is 27.5 Å². The Morgan fingerprint density at radius 3 is 2.31 bits per heavy atom. The van der Waals surface area contributed by atoms with Gasteiger partial charge in [0.15, 0.2) is 0 Å². The van der Waals surface area contributed by atoms with Crippen molar-refractivity contribution in [1.29, 1.82) is 0 Å². The minimum Gasteiger partial charge on any atom is -0.496 e. The predicted molar refractivity (Wildman–Crippen MR) is 103 cm³/mol. The van der Waals surface area contributed by atoms with Crippen LogP contribution in [0.25, 0.3) is 32.7 Å². The van der Waals surface area contributed by atoms with E-state index in [0.29, 0.717) is 12.2 Å². The van der Waals surface area contributed by atoms with Crippen LogP contribution < -0.4 is 4.74 Å². The molecule has 0 saturated carbocycles. The maximum Gasteiger partial charge on any atom is 0.338 e. The molecule has 3 nitrogen and oxygen atoms in total. The molecule has 4 aromatic rings. The van der Waals surface area contributed by atoms with Gasteiger partial charge < -0.3 is 9.47 Å². The van der Waals surface area contributed by atoms with Gasteiger partial charge in [0.2, 0.25) is 0 Å². The van der Waals surface area contributed by atoms with Gasteiger partial charge in [-0.05, 0) is 33.7 Å². The van der Waals surface area contributed by atoms with Gasteiger partial charge in [-0.1, -0.05) is 54.6 Å². The molecule has 1 aliphatic heterocycles. The number of benzene rings is 4. The molecule has 0 radical (unpaired) electrons. The summed E-state index contributed by atoms with van der Waals surface area (Å²) in [4.78, 5) is 12.3. The maximum atomic E-state index is 12.3. The second-order valence-corrected chi connectivity index (χ2v) is 6.44. The molecule has 0 aromatic heterocycles. The molecule has 3 heteroatoms. The van der Waals surface area contributed by atoms with Gasteiger partial charge in [-0.25, -0.2) is 4.79 Å². The smallest absolute Gasteiger partial charge is 0.338 e. The summed E-state index contributed by atoms with van der Waals surface area (Å²) in [5.41, 5.74) is 3.62. The zero-order valence-electron chi connectivity index (χ0n) is 14.3. The highest BCUT2D eigenvalue weighted by Gasteiger charge is 2.28. The molecule has 0 aliphatic carbocycles.